The number of carbonyl (C=O) groups excluding carboxylic acids is 1. The lowest BCUT2D eigenvalue weighted by molar-refractivity contribution is -0.122. The van der Waals surface area contributed by atoms with E-state index in [1.165, 1.54) is 4.57 Å². The van der Waals surface area contributed by atoms with E-state index in [9.17, 15) is 13.6 Å². The Balaban J connectivity index is 1.48. The van der Waals surface area contributed by atoms with Crippen molar-refractivity contribution >= 4 is 28.7 Å². The average molecular weight is 427 g/mol. The summed E-state index contributed by atoms with van der Waals surface area (Å²) in [6, 6.07) is 14.6. The van der Waals surface area contributed by atoms with Crippen molar-refractivity contribution in [2.75, 3.05) is 0 Å². The van der Waals surface area contributed by atoms with Gasteiger partial charge in [-0.2, -0.15) is 8.78 Å². The Labute approximate surface area is 175 Å². The van der Waals surface area contributed by atoms with Crippen LogP contribution >= 0.6 is 11.8 Å². The Morgan fingerprint density at radius 3 is 2.63 bits per heavy atom. The van der Waals surface area contributed by atoms with Gasteiger partial charge in [0.25, 0.3) is 5.76 Å². The second-order valence-electron chi connectivity index (χ2n) is 6.70. The van der Waals surface area contributed by atoms with E-state index in [0.29, 0.717) is 22.8 Å². The van der Waals surface area contributed by atoms with E-state index in [1.807, 2.05) is 42.0 Å². The minimum absolute atomic E-state index is 0.0903. The molecule has 0 fully saturated rings. The van der Waals surface area contributed by atoms with Crippen LogP contribution < -0.4 is 5.32 Å². The first-order valence-electron chi connectivity index (χ1n) is 9.29. The first-order chi connectivity index (χ1) is 14.5. The Morgan fingerprint density at radius 2 is 1.93 bits per heavy atom. The predicted octanol–water partition coefficient (Wildman–Crippen LogP) is 4.41. The maximum absolute atomic E-state index is 12.9. The maximum atomic E-state index is 12.9. The highest BCUT2D eigenvalue weighted by Gasteiger charge is 2.18. The van der Waals surface area contributed by atoms with Gasteiger partial charge < -0.3 is 14.5 Å². The molecule has 4 aromatic rings. The summed E-state index contributed by atoms with van der Waals surface area (Å²) in [5, 5.41) is 3.05. The number of halogens is 2. The van der Waals surface area contributed by atoms with Crippen LogP contribution in [-0.4, -0.2) is 30.8 Å². The number of alkyl halides is 2. The fraction of sp³-hybridized carbons (Fsp3) is 0.190. The Hall–Kier alpha value is -3.20. The number of rotatable bonds is 7. The van der Waals surface area contributed by atoms with E-state index in [2.05, 4.69) is 15.3 Å². The molecule has 2 aromatic carbocycles. The van der Waals surface area contributed by atoms with Crippen molar-refractivity contribution in [2.24, 2.45) is 0 Å². The van der Waals surface area contributed by atoms with Gasteiger partial charge in [-0.05, 0) is 48.5 Å². The van der Waals surface area contributed by atoms with Crippen molar-refractivity contribution < 1.29 is 13.6 Å². The summed E-state index contributed by atoms with van der Waals surface area (Å²) in [5.74, 6) is -2.89. The number of benzene rings is 2. The van der Waals surface area contributed by atoms with Crippen molar-refractivity contribution in [3.63, 3.8) is 0 Å². The summed E-state index contributed by atoms with van der Waals surface area (Å²) < 4.78 is 29.3. The van der Waals surface area contributed by atoms with Gasteiger partial charge >= 0.3 is 0 Å². The molecule has 9 heteroatoms. The van der Waals surface area contributed by atoms with Gasteiger partial charge in [-0.25, -0.2) is 9.97 Å². The highest BCUT2D eigenvalue weighted by Crippen LogP contribution is 2.28. The molecular formula is C21H19F2N5OS. The molecule has 1 unspecified atom stereocenters. The summed E-state index contributed by atoms with van der Waals surface area (Å²) in [4.78, 5) is 20.9. The molecule has 0 aliphatic rings. The smallest absolute Gasteiger partial charge is 0.291 e. The molecule has 154 valence electrons. The van der Waals surface area contributed by atoms with Gasteiger partial charge in [0.1, 0.15) is 6.54 Å². The number of imidazole rings is 2. The number of hydrogen-bond acceptors (Lipinski definition) is 4. The number of fused-ring (bicyclic) bond motifs is 1. The average Bonchev–Trinajstić information content (AvgIpc) is 3.37. The van der Waals surface area contributed by atoms with E-state index in [0.717, 1.165) is 11.3 Å². The number of carbonyl (C=O) groups is 1. The topological polar surface area (TPSA) is 64.7 Å². The lowest BCUT2D eigenvalue weighted by Gasteiger charge is -2.16. The van der Waals surface area contributed by atoms with Crippen molar-refractivity contribution in [2.45, 2.75) is 30.4 Å². The predicted molar refractivity (Wildman–Crippen MR) is 112 cm³/mol. The molecule has 1 atom stereocenters. The molecule has 30 heavy (non-hydrogen) atoms. The molecule has 1 amide bonds. The van der Waals surface area contributed by atoms with Crippen LogP contribution in [-0.2, 0) is 11.3 Å². The molecule has 0 spiro atoms. The zero-order valence-electron chi connectivity index (χ0n) is 16.1. The van der Waals surface area contributed by atoms with Gasteiger partial charge in [-0.1, -0.05) is 24.3 Å². The third-order valence-corrected chi connectivity index (χ3v) is 5.39. The van der Waals surface area contributed by atoms with Crippen molar-refractivity contribution in [1.29, 1.82) is 0 Å². The first kappa shape index (κ1) is 20.1. The number of para-hydroxylation sites is 2. The molecule has 1 N–H and O–H groups in total. The molecule has 0 radical (unpaired) electrons. The fourth-order valence-corrected chi connectivity index (χ4v) is 3.84. The summed E-state index contributed by atoms with van der Waals surface area (Å²) in [6.07, 6.45) is 5.27. The van der Waals surface area contributed by atoms with Crippen LogP contribution in [0.15, 0.2) is 72.4 Å². The minimum atomic E-state index is -2.61. The van der Waals surface area contributed by atoms with Crippen LogP contribution in [0, 0.1) is 0 Å². The third-order valence-electron chi connectivity index (χ3n) is 4.69. The molecule has 0 aliphatic heterocycles. The number of nitrogens with one attached hydrogen (secondary N) is 1. The SMILES string of the molecule is CC(NC(=O)Cn1c(SC(F)F)nc2ccccc21)c1ccc(-n2ccnc2)cc1. The van der Waals surface area contributed by atoms with E-state index in [-0.39, 0.29) is 23.7 Å². The van der Waals surface area contributed by atoms with Crippen molar-refractivity contribution in [3.8, 4) is 5.69 Å². The van der Waals surface area contributed by atoms with E-state index < -0.39 is 5.76 Å². The largest absolute Gasteiger partial charge is 0.348 e. The van der Waals surface area contributed by atoms with Crippen LogP contribution in [0.4, 0.5) is 8.78 Å². The van der Waals surface area contributed by atoms with Gasteiger partial charge in [0, 0.05) is 18.1 Å². The molecule has 0 aliphatic carbocycles. The summed E-state index contributed by atoms with van der Waals surface area (Å²) >= 11 is 0.339. The second-order valence-corrected chi connectivity index (χ2v) is 7.66. The Morgan fingerprint density at radius 1 is 1.17 bits per heavy atom. The quantitative estimate of drug-likeness (QED) is 0.444. The fourth-order valence-electron chi connectivity index (χ4n) is 3.24. The molecular weight excluding hydrogens is 408 g/mol. The molecule has 0 saturated heterocycles. The van der Waals surface area contributed by atoms with Crippen LogP contribution in [0.5, 0.6) is 0 Å². The maximum Gasteiger partial charge on any atom is 0.291 e. The highest BCUT2D eigenvalue weighted by molar-refractivity contribution is 7.99. The zero-order valence-corrected chi connectivity index (χ0v) is 16.9. The molecule has 4 rings (SSSR count). The molecule has 6 nitrogen and oxygen atoms in total. The van der Waals surface area contributed by atoms with Gasteiger partial charge in [0.15, 0.2) is 5.16 Å². The van der Waals surface area contributed by atoms with Crippen LogP contribution in [0.25, 0.3) is 16.7 Å². The van der Waals surface area contributed by atoms with Crippen LogP contribution in [0.2, 0.25) is 0 Å². The van der Waals surface area contributed by atoms with Gasteiger partial charge in [0.05, 0.1) is 23.4 Å². The summed E-state index contributed by atoms with van der Waals surface area (Å²) in [5.41, 5.74) is 3.13. The minimum Gasteiger partial charge on any atom is -0.348 e. The number of aromatic nitrogens is 4. The van der Waals surface area contributed by atoms with E-state index in [1.54, 1.807) is 36.8 Å². The highest BCUT2D eigenvalue weighted by atomic mass is 32.2. The molecule has 2 aromatic heterocycles. The standard InChI is InChI=1S/C21H19F2N5OS/c1-14(15-6-8-16(9-7-15)27-11-10-24-13-27)25-19(29)12-28-18-5-3-2-4-17(18)26-21(28)30-20(22)23/h2-11,13-14,20H,12H2,1H3,(H,25,29). The Kier molecular flexibility index (Phi) is 5.80. The van der Waals surface area contributed by atoms with E-state index in [4.69, 9.17) is 0 Å². The number of hydrogen-bond donors (Lipinski definition) is 1. The van der Waals surface area contributed by atoms with Gasteiger partial charge in [-0.3, -0.25) is 4.79 Å². The third kappa shape index (κ3) is 4.35. The van der Waals surface area contributed by atoms with Gasteiger partial charge in [0.2, 0.25) is 5.91 Å². The van der Waals surface area contributed by atoms with Crippen molar-refractivity contribution in [3.05, 3.63) is 72.8 Å². The number of thioether (sulfide) groups is 1. The monoisotopic (exact) mass is 427 g/mol. The first-order valence-corrected chi connectivity index (χ1v) is 10.2. The molecule has 0 saturated carbocycles. The lowest BCUT2D eigenvalue weighted by Crippen LogP contribution is -2.30. The van der Waals surface area contributed by atoms with E-state index >= 15 is 0 Å². The normalized spacial score (nSPS) is 12.4. The second kappa shape index (κ2) is 8.66. The summed E-state index contributed by atoms with van der Waals surface area (Å²) in [7, 11) is 0. The van der Waals surface area contributed by atoms with Crippen molar-refractivity contribution in [1.82, 2.24) is 24.4 Å². The molecule has 2 heterocycles. The lowest BCUT2D eigenvalue weighted by atomic mass is 10.1. The Bertz CT molecular complexity index is 1140. The number of amides is 1. The van der Waals surface area contributed by atoms with Gasteiger partial charge in [-0.15, -0.1) is 0 Å². The molecule has 0 bridgehead atoms. The zero-order chi connectivity index (χ0) is 21.1. The van der Waals surface area contributed by atoms with Crippen LogP contribution in [0.1, 0.15) is 18.5 Å². The summed E-state index contributed by atoms with van der Waals surface area (Å²) in [6.45, 7) is 1.79. The van der Waals surface area contributed by atoms with Crippen LogP contribution in [0.3, 0.4) is 0 Å². The number of nitrogens with zero attached hydrogens (tertiary/aromatic N) is 4.